The Morgan fingerprint density at radius 3 is 2.86 bits per heavy atom. The van der Waals surface area contributed by atoms with Crippen LogP contribution < -0.4 is 10.6 Å². The van der Waals surface area contributed by atoms with Gasteiger partial charge in [-0.2, -0.15) is 0 Å². The van der Waals surface area contributed by atoms with Crippen LogP contribution in [-0.4, -0.2) is 25.5 Å². The van der Waals surface area contributed by atoms with E-state index in [-0.39, 0.29) is 24.1 Å². The summed E-state index contributed by atoms with van der Waals surface area (Å²) in [6.07, 6.45) is 2.18. The Morgan fingerprint density at radius 1 is 1.48 bits per heavy atom. The Hall–Kier alpha value is -1.13. The van der Waals surface area contributed by atoms with Gasteiger partial charge in [-0.25, -0.2) is 4.39 Å². The number of halogens is 2. The molecule has 1 fully saturated rings. The van der Waals surface area contributed by atoms with E-state index in [0.717, 1.165) is 19.5 Å². The first kappa shape index (κ1) is 17.9. The Labute approximate surface area is 132 Å². The van der Waals surface area contributed by atoms with Crippen LogP contribution >= 0.6 is 12.4 Å². The number of rotatable bonds is 5. The van der Waals surface area contributed by atoms with Gasteiger partial charge in [0.25, 0.3) is 0 Å². The molecule has 0 aliphatic carbocycles. The minimum absolute atomic E-state index is 0. The number of benzene rings is 1. The van der Waals surface area contributed by atoms with E-state index in [0.29, 0.717) is 18.0 Å². The van der Waals surface area contributed by atoms with Crippen LogP contribution in [0.2, 0.25) is 0 Å². The van der Waals surface area contributed by atoms with Crippen molar-refractivity contribution in [1.82, 2.24) is 10.6 Å². The van der Waals surface area contributed by atoms with Gasteiger partial charge < -0.3 is 10.6 Å². The number of amides is 1. The van der Waals surface area contributed by atoms with Crippen molar-refractivity contribution < 1.29 is 9.18 Å². The quantitative estimate of drug-likeness (QED) is 0.877. The fourth-order valence-corrected chi connectivity index (χ4v) is 2.58. The zero-order valence-corrected chi connectivity index (χ0v) is 13.4. The molecule has 1 aliphatic heterocycles. The fourth-order valence-electron chi connectivity index (χ4n) is 2.58. The summed E-state index contributed by atoms with van der Waals surface area (Å²) < 4.78 is 13.3. The van der Waals surface area contributed by atoms with Crippen molar-refractivity contribution in [2.45, 2.75) is 32.1 Å². The lowest BCUT2D eigenvalue weighted by molar-refractivity contribution is -0.125. The smallest absolute Gasteiger partial charge is 0.230 e. The molecule has 21 heavy (non-hydrogen) atoms. The molecule has 1 unspecified atom stereocenters. The molecule has 5 heteroatoms. The van der Waals surface area contributed by atoms with E-state index in [1.807, 2.05) is 13.8 Å². The molecule has 0 aromatic heterocycles. The van der Waals surface area contributed by atoms with Gasteiger partial charge in [0.2, 0.25) is 5.91 Å². The first-order valence-corrected chi connectivity index (χ1v) is 7.25. The summed E-state index contributed by atoms with van der Waals surface area (Å²) in [5.74, 6) is 0.307. The Balaban J connectivity index is 0.00000220. The number of hydrogen-bond acceptors (Lipinski definition) is 2. The molecule has 1 atom stereocenters. The maximum absolute atomic E-state index is 13.3. The third kappa shape index (κ3) is 4.68. The van der Waals surface area contributed by atoms with Crippen LogP contribution in [0.25, 0.3) is 0 Å². The van der Waals surface area contributed by atoms with E-state index < -0.39 is 5.41 Å². The topological polar surface area (TPSA) is 41.1 Å². The van der Waals surface area contributed by atoms with Gasteiger partial charge >= 0.3 is 0 Å². The van der Waals surface area contributed by atoms with E-state index in [1.54, 1.807) is 12.1 Å². The SMILES string of the molecule is CC(C)(C(=O)NCCC1CCNC1)c1cccc(F)c1.Cl. The number of carbonyl (C=O) groups is 1. The molecule has 0 bridgehead atoms. The van der Waals surface area contributed by atoms with E-state index in [4.69, 9.17) is 0 Å². The van der Waals surface area contributed by atoms with E-state index in [2.05, 4.69) is 10.6 Å². The largest absolute Gasteiger partial charge is 0.355 e. The van der Waals surface area contributed by atoms with Crippen molar-refractivity contribution in [2.24, 2.45) is 5.92 Å². The summed E-state index contributed by atoms with van der Waals surface area (Å²) in [6.45, 7) is 6.46. The normalized spacial score (nSPS) is 18.1. The molecule has 3 nitrogen and oxygen atoms in total. The third-order valence-corrected chi connectivity index (χ3v) is 4.11. The molecule has 0 spiro atoms. The van der Waals surface area contributed by atoms with Crippen molar-refractivity contribution in [3.8, 4) is 0 Å². The minimum atomic E-state index is -0.712. The second-order valence-electron chi connectivity index (χ2n) is 6.04. The molecule has 1 heterocycles. The molecule has 1 saturated heterocycles. The Morgan fingerprint density at radius 2 is 2.24 bits per heavy atom. The Kier molecular flexibility index (Phi) is 6.62. The van der Waals surface area contributed by atoms with Gasteiger partial charge in [0.1, 0.15) is 5.82 Å². The molecule has 0 radical (unpaired) electrons. The predicted octanol–water partition coefficient (Wildman–Crippen LogP) is 2.64. The average Bonchev–Trinajstić information content (AvgIpc) is 2.91. The lowest BCUT2D eigenvalue weighted by Crippen LogP contribution is -2.41. The number of nitrogens with one attached hydrogen (secondary N) is 2. The van der Waals surface area contributed by atoms with E-state index >= 15 is 0 Å². The van der Waals surface area contributed by atoms with Crippen molar-refractivity contribution in [2.75, 3.05) is 19.6 Å². The number of hydrogen-bond donors (Lipinski definition) is 2. The third-order valence-electron chi connectivity index (χ3n) is 4.11. The highest BCUT2D eigenvalue weighted by Crippen LogP contribution is 2.24. The zero-order valence-electron chi connectivity index (χ0n) is 12.6. The summed E-state index contributed by atoms with van der Waals surface area (Å²) in [5.41, 5.74) is -0.00623. The van der Waals surface area contributed by atoms with Crippen molar-refractivity contribution >= 4 is 18.3 Å². The highest BCUT2D eigenvalue weighted by atomic mass is 35.5. The molecule has 0 saturated carbocycles. The second-order valence-corrected chi connectivity index (χ2v) is 6.04. The van der Waals surface area contributed by atoms with E-state index in [1.165, 1.54) is 18.6 Å². The first-order valence-electron chi connectivity index (χ1n) is 7.25. The van der Waals surface area contributed by atoms with Crippen LogP contribution in [0.15, 0.2) is 24.3 Å². The van der Waals surface area contributed by atoms with Gasteiger partial charge in [-0.1, -0.05) is 12.1 Å². The summed E-state index contributed by atoms with van der Waals surface area (Å²) in [7, 11) is 0. The monoisotopic (exact) mass is 314 g/mol. The fraction of sp³-hybridized carbons (Fsp3) is 0.562. The predicted molar refractivity (Wildman–Crippen MR) is 85.3 cm³/mol. The zero-order chi connectivity index (χ0) is 14.6. The maximum atomic E-state index is 13.3. The van der Waals surface area contributed by atoms with Crippen LogP contribution in [0.5, 0.6) is 0 Å². The van der Waals surface area contributed by atoms with Crippen LogP contribution in [0, 0.1) is 11.7 Å². The molecular formula is C16H24ClFN2O. The standard InChI is InChI=1S/C16H23FN2O.ClH/c1-16(2,13-4-3-5-14(17)10-13)15(20)19-9-7-12-6-8-18-11-12;/h3-5,10,12,18H,6-9,11H2,1-2H3,(H,19,20);1H. The lowest BCUT2D eigenvalue weighted by Gasteiger charge is -2.24. The molecular weight excluding hydrogens is 291 g/mol. The van der Waals surface area contributed by atoms with Crippen LogP contribution in [0.1, 0.15) is 32.3 Å². The van der Waals surface area contributed by atoms with Crippen LogP contribution in [0.4, 0.5) is 4.39 Å². The van der Waals surface area contributed by atoms with Gasteiger partial charge in [0.05, 0.1) is 5.41 Å². The van der Waals surface area contributed by atoms with Crippen molar-refractivity contribution in [3.63, 3.8) is 0 Å². The first-order chi connectivity index (χ1) is 9.50. The molecule has 2 N–H and O–H groups in total. The van der Waals surface area contributed by atoms with Gasteiger partial charge in [-0.3, -0.25) is 4.79 Å². The molecule has 1 aromatic rings. The highest BCUT2D eigenvalue weighted by Gasteiger charge is 2.29. The van der Waals surface area contributed by atoms with Gasteiger partial charge in [0, 0.05) is 6.54 Å². The summed E-state index contributed by atoms with van der Waals surface area (Å²) in [5, 5.41) is 6.30. The maximum Gasteiger partial charge on any atom is 0.230 e. The highest BCUT2D eigenvalue weighted by molar-refractivity contribution is 5.87. The molecule has 118 valence electrons. The van der Waals surface area contributed by atoms with Crippen LogP contribution in [0.3, 0.4) is 0 Å². The van der Waals surface area contributed by atoms with Gasteiger partial charge in [0.15, 0.2) is 0 Å². The summed E-state index contributed by atoms with van der Waals surface area (Å²) in [6, 6.07) is 6.26. The van der Waals surface area contributed by atoms with Crippen LogP contribution in [-0.2, 0) is 10.2 Å². The average molecular weight is 315 g/mol. The minimum Gasteiger partial charge on any atom is -0.355 e. The Bertz CT molecular complexity index is 473. The molecule has 1 aliphatic rings. The van der Waals surface area contributed by atoms with Crippen molar-refractivity contribution in [3.05, 3.63) is 35.6 Å². The molecule has 2 rings (SSSR count). The lowest BCUT2D eigenvalue weighted by atomic mass is 9.83. The second kappa shape index (κ2) is 7.76. The molecule has 1 amide bonds. The van der Waals surface area contributed by atoms with Gasteiger partial charge in [-0.15, -0.1) is 12.4 Å². The molecule has 1 aromatic carbocycles. The van der Waals surface area contributed by atoms with Crippen molar-refractivity contribution in [1.29, 1.82) is 0 Å². The van der Waals surface area contributed by atoms with E-state index in [9.17, 15) is 9.18 Å². The number of carbonyl (C=O) groups excluding carboxylic acids is 1. The van der Waals surface area contributed by atoms with Gasteiger partial charge in [-0.05, 0) is 63.4 Å². The summed E-state index contributed by atoms with van der Waals surface area (Å²) >= 11 is 0. The summed E-state index contributed by atoms with van der Waals surface area (Å²) in [4.78, 5) is 12.3.